The lowest BCUT2D eigenvalue weighted by molar-refractivity contribution is 0.102. The van der Waals surface area contributed by atoms with Crippen molar-refractivity contribution in [2.45, 2.75) is 33.2 Å². The predicted molar refractivity (Wildman–Crippen MR) is 122 cm³/mol. The Balaban J connectivity index is 1.44. The summed E-state index contributed by atoms with van der Waals surface area (Å²) < 4.78 is 14.7. The number of anilines is 2. The molecule has 1 aliphatic heterocycles. The summed E-state index contributed by atoms with van der Waals surface area (Å²) in [5.41, 5.74) is 3.62. The van der Waals surface area contributed by atoms with Crippen molar-refractivity contribution in [1.29, 1.82) is 0 Å². The number of aromatic nitrogens is 2. The van der Waals surface area contributed by atoms with E-state index in [2.05, 4.69) is 22.2 Å². The van der Waals surface area contributed by atoms with E-state index in [0.29, 0.717) is 23.5 Å². The zero-order valence-electron chi connectivity index (χ0n) is 17.7. The standard InChI is InChI=1S/C24H26ClFN4O/c1-16-11-13-29(14-12-16)21-9-7-20(8-10-21)27-24(31)22-17(2)28-30(23(22)25)15-18-3-5-19(26)6-4-18/h3-10,16H,11-15H2,1-2H3,(H,27,31). The monoisotopic (exact) mass is 440 g/mol. The lowest BCUT2D eigenvalue weighted by Gasteiger charge is -2.32. The van der Waals surface area contributed by atoms with E-state index in [0.717, 1.165) is 24.6 Å². The number of aryl methyl sites for hydroxylation is 1. The Morgan fingerprint density at radius 3 is 2.42 bits per heavy atom. The normalized spacial score (nSPS) is 14.6. The van der Waals surface area contributed by atoms with E-state index < -0.39 is 0 Å². The molecule has 1 N–H and O–H groups in total. The van der Waals surface area contributed by atoms with E-state index in [1.54, 1.807) is 23.7 Å². The minimum absolute atomic E-state index is 0.262. The molecule has 2 heterocycles. The fourth-order valence-corrected chi connectivity index (χ4v) is 4.21. The first-order valence-corrected chi connectivity index (χ1v) is 10.9. The molecule has 0 radical (unpaired) electrons. The molecule has 0 atom stereocenters. The molecule has 0 bridgehead atoms. The number of halogens is 2. The van der Waals surface area contributed by atoms with Crippen LogP contribution in [0.3, 0.4) is 0 Å². The SMILES string of the molecule is Cc1nn(Cc2ccc(F)cc2)c(Cl)c1C(=O)Nc1ccc(N2CCC(C)CC2)cc1. The molecule has 0 aliphatic carbocycles. The fourth-order valence-electron chi connectivity index (χ4n) is 3.89. The highest BCUT2D eigenvalue weighted by molar-refractivity contribution is 6.33. The number of rotatable bonds is 5. The van der Waals surface area contributed by atoms with Gasteiger partial charge in [0.25, 0.3) is 5.91 Å². The third-order valence-electron chi connectivity index (χ3n) is 5.81. The Bertz CT molecular complexity index is 1050. The van der Waals surface area contributed by atoms with Gasteiger partial charge in [-0.3, -0.25) is 4.79 Å². The number of nitrogens with zero attached hydrogens (tertiary/aromatic N) is 3. The van der Waals surface area contributed by atoms with Gasteiger partial charge in [-0.2, -0.15) is 5.10 Å². The average molecular weight is 441 g/mol. The number of amides is 1. The lowest BCUT2D eigenvalue weighted by atomic mass is 9.99. The summed E-state index contributed by atoms with van der Waals surface area (Å²) in [6.45, 7) is 6.54. The van der Waals surface area contributed by atoms with Crippen molar-refractivity contribution in [2.75, 3.05) is 23.3 Å². The molecule has 1 aromatic heterocycles. The molecule has 3 aromatic rings. The summed E-state index contributed by atoms with van der Waals surface area (Å²) in [6.07, 6.45) is 2.41. The number of hydrogen-bond donors (Lipinski definition) is 1. The zero-order valence-corrected chi connectivity index (χ0v) is 18.5. The molecule has 4 rings (SSSR count). The zero-order chi connectivity index (χ0) is 22.0. The van der Waals surface area contributed by atoms with Crippen LogP contribution in [0.1, 0.15) is 41.4 Å². The quantitative estimate of drug-likeness (QED) is 0.568. The van der Waals surface area contributed by atoms with Crippen LogP contribution in [0.25, 0.3) is 0 Å². The van der Waals surface area contributed by atoms with Crippen molar-refractivity contribution in [3.8, 4) is 0 Å². The summed E-state index contributed by atoms with van der Waals surface area (Å²) in [4.78, 5) is 15.3. The van der Waals surface area contributed by atoms with Gasteiger partial charge in [0.1, 0.15) is 11.0 Å². The largest absolute Gasteiger partial charge is 0.372 e. The van der Waals surface area contributed by atoms with Gasteiger partial charge in [0, 0.05) is 24.5 Å². The molecule has 0 spiro atoms. The fraction of sp³-hybridized carbons (Fsp3) is 0.333. The number of nitrogens with one attached hydrogen (secondary N) is 1. The lowest BCUT2D eigenvalue weighted by Crippen LogP contribution is -2.32. The van der Waals surface area contributed by atoms with Gasteiger partial charge in [0.2, 0.25) is 0 Å². The maximum atomic E-state index is 13.1. The molecular formula is C24H26ClFN4O. The molecule has 1 aliphatic rings. The van der Waals surface area contributed by atoms with Crippen molar-refractivity contribution < 1.29 is 9.18 Å². The number of hydrogen-bond acceptors (Lipinski definition) is 3. The van der Waals surface area contributed by atoms with Crippen molar-refractivity contribution in [3.63, 3.8) is 0 Å². The minimum Gasteiger partial charge on any atom is -0.372 e. The van der Waals surface area contributed by atoms with E-state index in [1.165, 1.54) is 30.7 Å². The Morgan fingerprint density at radius 1 is 1.13 bits per heavy atom. The van der Waals surface area contributed by atoms with Gasteiger partial charge in [0.15, 0.2) is 0 Å². The molecule has 1 amide bonds. The van der Waals surface area contributed by atoms with Crippen molar-refractivity contribution in [2.24, 2.45) is 5.92 Å². The molecular weight excluding hydrogens is 415 g/mol. The van der Waals surface area contributed by atoms with E-state index in [9.17, 15) is 9.18 Å². The first kappa shape index (κ1) is 21.4. The van der Waals surface area contributed by atoms with Crippen LogP contribution < -0.4 is 10.2 Å². The van der Waals surface area contributed by atoms with Crippen molar-refractivity contribution in [3.05, 3.63) is 76.3 Å². The van der Waals surface area contributed by atoms with Gasteiger partial charge < -0.3 is 10.2 Å². The van der Waals surface area contributed by atoms with Gasteiger partial charge in [-0.25, -0.2) is 9.07 Å². The second-order valence-electron chi connectivity index (χ2n) is 8.21. The Morgan fingerprint density at radius 2 is 1.77 bits per heavy atom. The van der Waals surface area contributed by atoms with E-state index >= 15 is 0 Å². The van der Waals surface area contributed by atoms with E-state index in [-0.39, 0.29) is 16.9 Å². The molecule has 2 aromatic carbocycles. The second kappa shape index (κ2) is 9.10. The minimum atomic E-state index is -0.299. The Kier molecular flexibility index (Phi) is 6.28. The number of carbonyl (C=O) groups is 1. The summed E-state index contributed by atoms with van der Waals surface area (Å²) in [7, 11) is 0. The van der Waals surface area contributed by atoms with Crippen molar-refractivity contribution in [1.82, 2.24) is 9.78 Å². The maximum Gasteiger partial charge on any atom is 0.260 e. The first-order chi connectivity index (χ1) is 14.9. The van der Waals surface area contributed by atoms with E-state index in [4.69, 9.17) is 11.6 Å². The third kappa shape index (κ3) is 4.90. The maximum absolute atomic E-state index is 13.1. The van der Waals surface area contributed by atoms with Crippen LogP contribution in [0.4, 0.5) is 15.8 Å². The molecule has 7 heteroatoms. The van der Waals surface area contributed by atoms with Gasteiger partial charge >= 0.3 is 0 Å². The molecule has 0 unspecified atom stereocenters. The molecule has 31 heavy (non-hydrogen) atoms. The van der Waals surface area contributed by atoms with Crippen LogP contribution in [0.15, 0.2) is 48.5 Å². The van der Waals surface area contributed by atoms with Crippen LogP contribution in [0, 0.1) is 18.7 Å². The number of piperidine rings is 1. The summed E-state index contributed by atoms with van der Waals surface area (Å²) in [6, 6.07) is 14.0. The van der Waals surface area contributed by atoms with Crippen LogP contribution in [0.5, 0.6) is 0 Å². The molecule has 5 nitrogen and oxygen atoms in total. The average Bonchev–Trinajstić information content (AvgIpc) is 3.04. The third-order valence-corrected chi connectivity index (χ3v) is 6.20. The van der Waals surface area contributed by atoms with Gasteiger partial charge in [0.05, 0.1) is 17.8 Å². The number of benzene rings is 2. The van der Waals surface area contributed by atoms with Gasteiger partial charge in [-0.05, 0) is 67.6 Å². The summed E-state index contributed by atoms with van der Waals surface area (Å²) >= 11 is 6.47. The predicted octanol–water partition coefficient (Wildman–Crippen LogP) is 5.52. The van der Waals surface area contributed by atoms with Crippen LogP contribution in [-0.2, 0) is 6.54 Å². The van der Waals surface area contributed by atoms with Crippen molar-refractivity contribution >= 4 is 28.9 Å². The summed E-state index contributed by atoms with van der Waals surface area (Å²) in [5, 5.41) is 7.57. The topological polar surface area (TPSA) is 50.2 Å². The molecule has 162 valence electrons. The van der Waals surface area contributed by atoms with Crippen LogP contribution in [-0.4, -0.2) is 28.8 Å². The molecule has 0 saturated carbocycles. The van der Waals surface area contributed by atoms with Crippen LogP contribution >= 0.6 is 11.6 Å². The molecule has 1 fully saturated rings. The smallest absolute Gasteiger partial charge is 0.260 e. The summed E-state index contributed by atoms with van der Waals surface area (Å²) in [5.74, 6) is 0.187. The highest BCUT2D eigenvalue weighted by atomic mass is 35.5. The van der Waals surface area contributed by atoms with Gasteiger partial charge in [-0.1, -0.05) is 30.7 Å². The number of carbonyl (C=O) groups excluding carboxylic acids is 1. The Hall–Kier alpha value is -2.86. The second-order valence-corrected chi connectivity index (χ2v) is 8.56. The first-order valence-electron chi connectivity index (χ1n) is 10.5. The highest BCUT2D eigenvalue weighted by Gasteiger charge is 2.21. The Labute approximate surface area is 186 Å². The van der Waals surface area contributed by atoms with Gasteiger partial charge in [-0.15, -0.1) is 0 Å². The molecule has 1 saturated heterocycles. The van der Waals surface area contributed by atoms with E-state index in [1.807, 2.05) is 24.3 Å². The highest BCUT2D eigenvalue weighted by Crippen LogP contribution is 2.26. The van der Waals surface area contributed by atoms with Crippen LogP contribution in [0.2, 0.25) is 5.15 Å².